The van der Waals surface area contributed by atoms with Crippen molar-refractivity contribution in [2.45, 2.75) is 26.2 Å². The van der Waals surface area contributed by atoms with Gasteiger partial charge in [0.05, 0.1) is 0 Å². The largest absolute Gasteiger partial charge is 0.508 e. The van der Waals surface area contributed by atoms with Gasteiger partial charge in [0.15, 0.2) is 0 Å². The summed E-state index contributed by atoms with van der Waals surface area (Å²) in [6.45, 7) is 4.34. The van der Waals surface area contributed by atoms with Crippen LogP contribution in [0.3, 0.4) is 0 Å². The standard InChI is InChI=1S/C13H15NO.C3H6O2.BrH/c1-9(8-14)11-3-2-10-4-5-13(15)7-12(10)6-11;1-2-3(4)5;/h2-7,9,15H,8,14H2,1H3;2H2,1H3,(H,4,5);1H. The van der Waals surface area contributed by atoms with E-state index in [1.807, 2.05) is 6.07 Å². The van der Waals surface area contributed by atoms with Crippen molar-refractivity contribution < 1.29 is 15.0 Å². The van der Waals surface area contributed by atoms with Gasteiger partial charge in [0.2, 0.25) is 0 Å². The van der Waals surface area contributed by atoms with E-state index in [4.69, 9.17) is 10.8 Å². The maximum atomic E-state index is 9.39. The lowest BCUT2D eigenvalue weighted by Crippen LogP contribution is -2.08. The Morgan fingerprint density at radius 2 is 1.76 bits per heavy atom. The number of aliphatic carboxylic acids is 1. The molecule has 21 heavy (non-hydrogen) atoms. The number of halogens is 1. The van der Waals surface area contributed by atoms with E-state index in [9.17, 15) is 9.90 Å². The number of hydrogen-bond donors (Lipinski definition) is 3. The molecule has 0 radical (unpaired) electrons. The molecule has 5 heteroatoms. The number of phenolic OH excluding ortho intramolecular Hbond substituents is 1. The summed E-state index contributed by atoms with van der Waals surface area (Å²) >= 11 is 0. The molecule has 2 rings (SSSR count). The van der Waals surface area contributed by atoms with Crippen molar-refractivity contribution in [2.75, 3.05) is 6.54 Å². The van der Waals surface area contributed by atoms with E-state index in [1.54, 1.807) is 19.1 Å². The van der Waals surface area contributed by atoms with Gasteiger partial charge in [0.25, 0.3) is 0 Å². The average Bonchev–Trinajstić information content (AvgIpc) is 2.46. The second kappa shape index (κ2) is 9.37. The molecule has 0 aromatic heterocycles. The van der Waals surface area contributed by atoms with Crippen LogP contribution in [-0.4, -0.2) is 22.7 Å². The second-order valence-corrected chi connectivity index (χ2v) is 4.67. The van der Waals surface area contributed by atoms with Gasteiger partial charge in [-0.25, -0.2) is 0 Å². The van der Waals surface area contributed by atoms with E-state index in [-0.39, 0.29) is 23.4 Å². The van der Waals surface area contributed by atoms with Gasteiger partial charge in [-0.15, -0.1) is 17.0 Å². The van der Waals surface area contributed by atoms with Crippen LogP contribution < -0.4 is 5.73 Å². The summed E-state index contributed by atoms with van der Waals surface area (Å²) in [4.78, 5) is 9.37. The Kier molecular flexibility index (Phi) is 8.66. The van der Waals surface area contributed by atoms with Crippen molar-refractivity contribution in [3.05, 3.63) is 42.0 Å². The van der Waals surface area contributed by atoms with Crippen LogP contribution in [0.15, 0.2) is 36.4 Å². The van der Waals surface area contributed by atoms with Crippen molar-refractivity contribution in [1.29, 1.82) is 0 Å². The first-order valence-corrected chi connectivity index (χ1v) is 6.62. The van der Waals surface area contributed by atoms with Gasteiger partial charge in [-0.1, -0.05) is 38.1 Å². The number of rotatable bonds is 3. The minimum atomic E-state index is -0.745. The molecule has 1 atom stereocenters. The topological polar surface area (TPSA) is 83.5 Å². The van der Waals surface area contributed by atoms with Crippen LogP contribution in [0.25, 0.3) is 10.8 Å². The van der Waals surface area contributed by atoms with E-state index in [0.29, 0.717) is 18.2 Å². The van der Waals surface area contributed by atoms with Crippen LogP contribution in [0.2, 0.25) is 0 Å². The number of fused-ring (bicyclic) bond motifs is 1. The van der Waals surface area contributed by atoms with Gasteiger partial charge in [-0.05, 0) is 40.9 Å². The average molecular weight is 356 g/mol. The van der Waals surface area contributed by atoms with E-state index in [1.165, 1.54) is 5.56 Å². The zero-order valence-electron chi connectivity index (χ0n) is 12.2. The smallest absolute Gasteiger partial charge is 0.303 e. The third-order valence-corrected chi connectivity index (χ3v) is 3.07. The number of hydrogen-bond acceptors (Lipinski definition) is 3. The van der Waals surface area contributed by atoms with Gasteiger partial charge < -0.3 is 15.9 Å². The Morgan fingerprint density at radius 3 is 2.29 bits per heavy atom. The van der Waals surface area contributed by atoms with Crippen LogP contribution in [0, 0.1) is 0 Å². The van der Waals surface area contributed by atoms with E-state index < -0.39 is 5.97 Å². The molecule has 0 bridgehead atoms. The number of nitrogens with two attached hydrogens (primary N) is 1. The molecule has 0 amide bonds. The molecule has 0 heterocycles. The van der Waals surface area contributed by atoms with Gasteiger partial charge in [-0.3, -0.25) is 4.79 Å². The predicted octanol–water partition coefficient (Wildman–Crippen LogP) is 3.67. The Bertz CT molecular complexity index is 587. The molecule has 2 aromatic rings. The molecule has 4 nitrogen and oxygen atoms in total. The maximum Gasteiger partial charge on any atom is 0.303 e. The number of carboxylic acids is 1. The van der Waals surface area contributed by atoms with Crippen molar-refractivity contribution in [3.8, 4) is 5.75 Å². The van der Waals surface area contributed by atoms with E-state index in [2.05, 4.69) is 25.1 Å². The third-order valence-electron chi connectivity index (χ3n) is 3.07. The van der Waals surface area contributed by atoms with Crippen LogP contribution >= 0.6 is 17.0 Å². The molecular formula is C16H22BrNO3. The summed E-state index contributed by atoms with van der Waals surface area (Å²) < 4.78 is 0. The number of carboxylic acid groups (broad SMARTS) is 1. The van der Waals surface area contributed by atoms with Gasteiger partial charge in [-0.2, -0.15) is 0 Å². The normalized spacial score (nSPS) is 11.0. The molecule has 1 unspecified atom stereocenters. The Hall–Kier alpha value is -1.59. The number of benzene rings is 2. The molecule has 2 aromatic carbocycles. The molecule has 0 aliphatic heterocycles. The van der Waals surface area contributed by atoms with Crippen LogP contribution in [0.4, 0.5) is 0 Å². The summed E-state index contributed by atoms with van der Waals surface area (Å²) in [6, 6.07) is 11.7. The molecule has 116 valence electrons. The highest BCUT2D eigenvalue weighted by molar-refractivity contribution is 8.93. The minimum absolute atomic E-state index is 0. The first-order chi connectivity index (χ1) is 9.47. The van der Waals surface area contributed by atoms with Crippen LogP contribution in [-0.2, 0) is 4.79 Å². The van der Waals surface area contributed by atoms with E-state index in [0.717, 1.165) is 10.8 Å². The van der Waals surface area contributed by atoms with E-state index >= 15 is 0 Å². The fourth-order valence-electron chi connectivity index (χ4n) is 1.70. The second-order valence-electron chi connectivity index (χ2n) is 4.67. The zero-order valence-corrected chi connectivity index (χ0v) is 14.0. The predicted molar refractivity (Wildman–Crippen MR) is 91.3 cm³/mol. The zero-order chi connectivity index (χ0) is 15.1. The van der Waals surface area contributed by atoms with Crippen LogP contribution in [0.1, 0.15) is 31.7 Å². The summed E-state index contributed by atoms with van der Waals surface area (Å²) in [5.41, 5.74) is 6.85. The Morgan fingerprint density at radius 1 is 1.19 bits per heavy atom. The molecule has 4 N–H and O–H groups in total. The fourth-order valence-corrected chi connectivity index (χ4v) is 1.70. The lowest BCUT2D eigenvalue weighted by molar-refractivity contribution is -0.136. The number of aromatic hydroxyl groups is 1. The van der Waals surface area contributed by atoms with Gasteiger partial charge >= 0.3 is 5.97 Å². The lowest BCUT2D eigenvalue weighted by atomic mass is 9.98. The highest BCUT2D eigenvalue weighted by Gasteiger charge is 2.04. The molecule has 0 saturated heterocycles. The summed E-state index contributed by atoms with van der Waals surface area (Å²) in [6.07, 6.45) is 0.222. The van der Waals surface area contributed by atoms with Crippen molar-refractivity contribution in [1.82, 2.24) is 0 Å². The van der Waals surface area contributed by atoms with Gasteiger partial charge in [0, 0.05) is 6.42 Å². The fraction of sp³-hybridized carbons (Fsp3) is 0.312. The highest BCUT2D eigenvalue weighted by atomic mass is 79.9. The highest BCUT2D eigenvalue weighted by Crippen LogP contribution is 2.24. The van der Waals surface area contributed by atoms with Crippen LogP contribution in [0.5, 0.6) is 5.75 Å². The van der Waals surface area contributed by atoms with Gasteiger partial charge in [0.1, 0.15) is 5.75 Å². The molecule has 0 spiro atoms. The lowest BCUT2D eigenvalue weighted by Gasteiger charge is -2.09. The SMILES string of the molecule is Br.CC(CN)c1ccc2ccc(O)cc2c1.CCC(=O)O. The number of carbonyl (C=O) groups is 1. The first kappa shape index (κ1) is 19.4. The van der Waals surface area contributed by atoms with Crippen molar-refractivity contribution in [2.24, 2.45) is 5.73 Å². The summed E-state index contributed by atoms with van der Waals surface area (Å²) in [5, 5.41) is 19.3. The molecule has 0 saturated carbocycles. The van der Waals surface area contributed by atoms with Crippen molar-refractivity contribution >= 4 is 33.7 Å². The monoisotopic (exact) mass is 355 g/mol. The van der Waals surface area contributed by atoms with Crippen molar-refractivity contribution in [3.63, 3.8) is 0 Å². The third kappa shape index (κ3) is 6.14. The summed E-state index contributed by atoms with van der Waals surface area (Å²) in [5.74, 6) is -0.0817. The Labute approximate surface area is 135 Å². The molecule has 0 aliphatic rings. The maximum absolute atomic E-state index is 9.39. The first-order valence-electron chi connectivity index (χ1n) is 6.62. The minimum Gasteiger partial charge on any atom is -0.508 e. The quantitative estimate of drug-likeness (QED) is 0.784. The molecule has 0 fully saturated rings. The molecule has 0 aliphatic carbocycles. The summed E-state index contributed by atoms with van der Waals surface area (Å²) in [7, 11) is 0. The molecular weight excluding hydrogens is 334 g/mol. The Balaban J connectivity index is 0.000000583. The number of phenols is 1.